The first-order valence-corrected chi connectivity index (χ1v) is 4.45. The largest absolute Gasteiger partial charge is 0.266 e. The Kier molecular flexibility index (Phi) is 5.35. The highest BCUT2D eigenvalue weighted by molar-refractivity contribution is 5.55. The smallest absolute Gasteiger partial charge is 0.0427 e. The van der Waals surface area contributed by atoms with Gasteiger partial charge in [-0.15, -0.1) is 0 Å². The lowest BCUT2D eigenvalue weighted by Crippen LogP contribution is -1.91. The van der Waals surface area contributed by atoms with Gasteiger partial charge in [-0.3, -0.25) is 4.99 Å². The van der Waals surface area contributed by atoms with Gasteiger partial charge in [0.25, 0.3) is 0 Å². The van der Waals surface area contributed by atoms with Gasteiger partial charge >= 0.3 is 0 Å². The maximum absolute atomic E-state index is 4.31. The van der Waals surface area contributed by atoms with Gasteiger partial charge in [0, 0.05) is 11.9 Å². The van der Waals surface area contributed by atoms with Crippen LogP contribution in [0.1, 0.15) is 34.6 Å². The highest BCUT2D eigenvalue weighted by atomic mass is 14.7. The number of hydrogen-bond acceptors (Lipinski definition) is 1. The van der Waals surface area contributed by atoms with Crippen LogP contribution in [0.3, 0.4) is 0 Å². The minimum Gasteiger partial charge on any atom is -0.266 e. The van der Waals surface area contributed by atoms with Gasteiger partial charge < -0.3 is 0 Å². The van der Waals surface area contributed by atoms with Crippen LogP contribution in [-0.2, 0) is 0 Å². The Hall–Kier alpha value is -0.850. The molecule has 0 aromatic carbocycles. The van der Waals surface area contributed by atoms with Crippen LogP contribution in [0, 0.1) is 5.92 Å². The van der Waals surface area contributed by atoms with Crippen molar-refractivity contribution in [2.75, 3.05) is 0 Å². The molecule has 0 amide bonds. The number of hydrogen-bond donors (Lipinski definition) is 0. The van der Waals surface area contributed by atoms with Crippen LogP contribution in [0.25, 0.3) is 0 Å². The summed E-state index contributed by atoms with van der Waals surface area (Å²) in [6, 6.07) is 0. The van der Waals surface area contributed by atoms with E-state index < -0.39 is 0 Å². The van der Waals surface area contributed by atoms with E-state index in [1.54, 1.807) is 0 Å². The fraction of sp³-hybridized carbons (Fsp3) is 0.545. The quantitative estimate of drug-likeness (QED) is 0.447. The van der Waals surface area contributed by atoms with Gasteiger partial charge in [0.15, 0.2) is 0 Å². The van der Waals surface area contributed by atoms with E-state index in [0.29, 0.717) is 5.92 Å². The van der Waals surface area contributed by atoms with Gasteiger partial charge in [0.05, 0.1) is 0 Å². The van der Waals surface area contributed by atoms with Crippen LogP contribution in [0.15, 0.2) is 28.4 Å². The lowest BCUT2D eigenvalue weighted by Gasteiger charge is -2.05. The van der Waals surface area contributed by atoms with E-state index in [-0.39, 0.29) is 0 Å². The molecule has 0 aromatic rings. The molecule has 0 heterocycles. The molecule has 0 N–H and O–H groups in total. The Bertz CT molecular complexity index is 207. The summed E-state index contributed by atoms with van der Waals surface area (Å²) in [6.07, 6.45) is 6.06. The lowest BCUT2D eigenvalue weighted by molar-refractivity contribution is 0.757. The van der Waals surface area contributed by atoms with E-state index in [9.17, 15) is 0 Å². The first-order valence-electron chi connectivity index (χ1n) is 4.45. The molecular weight excluding hydrogens is 146 g/mol. The average molecular weight is 165 g/mol. The van der Waals surface area contributed by atoms with Gasteiger partial charge in [-0.25, -0.2) is 0 Å². The SMILES string of the molecule is CC=N/C(=C\C(C)=C/C)C(C)C. The number of nitrogens with zero attached hydrogens (tertiary/aromatic N) is 1. The summed E-state index contributed by atoms with van der Waals surface area (Å²) in [5, 5.41) is 0. The molecular formula is C11H19N. The molecule has 12 heavy (non-hydrogen) atoms. The number of allylic oxidation sites excluding steroid dienone is 4. The van der Waals surface area contributed by atoms with Crippen molar-refractivity contribution in [3.63, 3.8) is 0 Å². The predicted molar refractivity (Wildman–Crippen MR) is 56.5 cm³/mol. The molecule has 0 fully saturated rings. The summed E-state index contributed by atoms with van der Waals surface area (Å²) in [5.41, 5.74) is 2.41. The van der Waals surface area contributed by atoms with E-state index in [2.05, 4.69) is 37.9 Å². The molecule has 0 aromatic heterocycles. The van der Waals surface area contributed by atoms with E-state index in [0.717, 1.165) is 5.70 Å². The zero-order chi connectivity index (χ0) is 9.56. The summed E-state index contributed by atoms with van der Waals surface area (Å²) in [5.74, 6) is 0.496. The standard InChI is InChI=1S/C11H19N/c1-6-10(5)8-11(9(3)4)12-7-2/h6-9H,1-5H3/b10-6-,11-8-,12-7?. The van der Waals surface area contributed by atoms with Crippen LogP contribution in [-0.4, -0.2) is 6.21 Å². The zero-order valence-corrected chi connectivity index (χ0v) is 8.76. The van der Waals surface area contributed by atoms with Gasteiger partial charge in [-0.2, -0.15) is 0 Å². The van der Waals surface area contributed by atoms with Crippen molar-refractivity contribution in [1.29, 1.82) is 0 Å². The normalized spacial score (nSPS) is 14.8. The molecule has 0 rings (SSSR count). The van der Waals surface area contributed by atoms with Crippen molar-refractivity contribution >= 4 is 6.21 Å². The Labute approximate surface area is 75.9 Å². The maximum Gasteiger partial charge on any atom is 0.0427 e. The topological polar surface area (TPSA) is 12.4 Å². The van der Waals surface area contributed by atoms with E-state index in [1.165, 1.54) is 5.57 Å². The van der Waals surface area contributed by atoms with E-state index >= 15 is 0 Å². The molecule has 0 aliphatic heterocycles. The van der Waals surface area contributed by atoms with Crippen LogP contribution in [0.4, 0.5) is 0 Å². The molecule has 1 nitrogen and oxygen atoms in total. The lowest BCUT2D eigenvalue weighted by atomic mass is 10.1. The minimum absolute atomic E-state index is 0.496. The van der Waals surface area contributed by atoms with Crippen LogP contribution in [0.5, 0.6) is 0 Å². The second-order valence-corrected chi connectivity index (χ2v) is 3.14. The molecule has 0 aliphatic carbocycles. The summed E-state index contributed by atoms with van der Waals surface area (Å²) in [6.45, 7) is 10.4. The predicted octanol–water partition coefficient (Wildman–Crippen LogP) is 3.58. The van der Waals surface area contributed by atoms with Crippen molar-refractivity contribution in [3.8, 4) is 0 Å². The Morgan fingerprint density at radius 1 is 1.25 bits per heavy atom. The minimum atomic E-state index is 0.496. The second kappa shape index (κ2) is 5.76. The molecule has 0 saturated heterocycles. The fourth-order valence-corrected chi connectivity index (χ4v) is 0.819. The van der Waals surface area contributed by atoms with E-state index in [4.69, 9.17) is 0 Å². The Morgan fingerprint density at radius 2 is 1.83 bits per heavy atom. The number of aliphatic imine (C=N–C) groups is 1. The van der Waals surface area contributed by atoms with Crippen molar-refractivity contribution < 1.29 is 0 Å². The zero-order valence-electron chi connectivity index (χ0n) is 8.76. The van der Waals surface area contributed by atoms with Crippen LogP contribution >= 0.6 is 0 Å². The Morgan fingerprint density at radius 3 is 2.17 bits per heavy atom. The molecule has 0 bridgehead atoms. The molecule has 0 atom stereocenters. The van der Waals surface area contributed by atoms with Crippen molar-refractivity contribution in [2.24, 2.45) is 10.9 Å². The highest BCUT2D eigenvalue weighted by Crippen LogP contribution is 2.13. The third kappa shape index (κ3) is 4.12. The van der Waals surface area contributed by atoms with Gasteiger partial charge in [0.1, 0.15) is 0 Å². The van der Waals surface area contributed by atoms with Gasteiger partial charge in [-0.1, -0.05) is 25.5 Å². The molecule has 0 aliphatic rings. The first-order chi connectivity index (χ1) is 5.61. The molecule has 0 unspecified atom stereocenters. The second-order valence-electron chi connectivity index (χ2n) is 3.14. The third-order valence-electron chi connectivity index (χ3n) is 1.70. The number of rotatable bonds is 3. The van der Waals surface area contributed by atoms with Gasteiger partial charge in [0.2, 0.25) is 0 Å². The van der Waals surface area contributed by atoms with E-state index in [1.807, 2.05) is 20.1 Å². The molecule has 0 spiro atoms. The van der Waals surface area contributed by atoms with Crippen molar-refractivity contribution in [1.82, 2.24) is 0 Å². The average Bonchev–Trinajstić information content (AvgIpc) is 2.03. The maximum atomic E-state index is 4.31. The van der Waals surface area contributed by atoms with Gasteiger partial charge in [-0.05, 0) is 32.8 Å². The van der Waals surface area contributed by atoms with Crippen molar-refractivity contribution in [3.05, 3.63) is 23.4 Å². The first kappa shape index (κ1) is 11.2. The fourth-order valence-electron chi connectivity index (χ4n) is 0.819. The monoisotopic (exact) mass is 165 g/mol. The molecule has 0 saturated carbocycles. The summed E-state index contributed by atoms with van der Waals surface area (Å²) in [7, 11) is 0. The summed E-state index contributed by atoms with van der Waals surface area (Å²) < 4.78 is 0. The molecule has 1 heteroatoms. The Balaban J connectivity index is 4.61. The third-order valence-corrected chi connectivity index (χ3v) is 1.70. The molecule has 68 valence electrons. The molecule has 0 radical (unpaired) electrons. The van der Waals surface area contributed by atoms with Crippen LogP contribution < -0.4 is 0 Å². The van der Waals surface area contributed by atoms with Crippen molar-refractivity contribution in [2.45, 2.75) is 34.6 Å². The summed E-state index contributed by atoms with van der Waals surface area (Å²) >= 11 is 0. The van der Waals surface area contributed by atoms with Crippen LogP contribution in [0.2, 0.25) is 0 Å². The highest BCUT2D eigenvalue weighted by Gasteiger charge is 1.99. The summed E-state index contributed by atoms with van der Waals surface area (Å²) in [4.78, 5) is 4.31.